The largest absolute Gasteiger partial charge is 0.465 e. The Labute approximate surface area is 99.2 Å². The van der Waals surface area contributed by atoms with E-state index in [9.17, 15) is 4.79 Å². The molecule has 0 amide bonds. The third-order valence-corrected chi connectivity index (χ3v) is 2.65. The van der Waals surface area contributed by atoms with Gasteiger partial charge in [0.2, 0.25) is 5.95 Å². The van der Waals surface area contributed by atoms with E-state index in [0.29, 0.717) is 17.0 Å². The number of carbonyl (C=O) groups is 1. The molecule has 0 bridgehead atoms. The van der Waals surface area contributed by atoms with Gasteiger partial charge in [-0.15, -0.1) is 0 Å². The summed E-state index contributed by atoms with van der Waals surface area (Å²) in [5, 5.41) is 0. The lowest BCUT2D eigenvalue weighted by Crippen LogP contribution is -2.05. The van der Waals surface area contributed by atoms with Crippen LogP contribution in [0.4, 0.5) is 5.95 Å². The Hall–Kier alpha value is -2.04. The van der Waals surface area contributed by atoms with Gasteiger partial charge in [0.1, 0.15) is 0 Å². The van der Waals surface area contributed by atoms with Crippen molar-refractivity contribution in [2.45, 2.75) is 19.9 Å². The van der Waals surface area contributed by atoms with Crippen molar-refractivity contribution in [3.05, 3.63) is 23.8 Å². The molecule has 0 spiro atoms. The third kappa shape index (κ3) is 1.84. The smallest absolute Gasteiger partial charge is 0.337 e. The zero-order chi connectivity index (χ0) is 12.6. The number of fused-ring (bicyclic) bond motifs is 1. The monoisotopic (exact) mass is 233 g/mol. The molecule has 1 heterocycles. The molecule has 90 valence electrons. The molecule has 0 unspecified atom stereocenters. The van der Waals surface area contributed by atoms with E-state index in [1.54, 1.807) is 12.1 Å². The number of imidazole rings is 1. The quantitative estimate of drug-likeness (QED) is 0.805. The first-order valence-corrected chi connectivity index (χ1v) is 5.40. The van der Waals surface area contributed by atoms with E-state index in [4.69, 9.17) is 5.73 Å². The fourth-order valence-corrected chi connectivity index (χ4v) is 1.90. The molecule has 2 aromatic rings. The Bertz CT molecular complexity index is 572. The molecule has 5 heteroatoms. The number of ether oxygens (including phenoxy) is 1. The van der Waals surface area contributed by atoms with Crippen LogP contribution in [0.25, 0.3) is 11.0 Å². The molecule has 1 aromatic carbocycles. The first-order chi connectivity index (χ1) is 8.04. The fraction of sp³-hybridized carbons (Fsp3) is 0.333. The molecular formula is C12H15N3O2. The van der Waals surface area contributed by atoms with E-state index in [1.807, 2.05) is 24.5 Å². The van der Waals surface area contributed by atoms with Gasteiger partial charge in [-0.05, 0) is 32.0 Å². The summed E-state index contributed by atoms with van der Waals surface area (Å²) in [5.74, 6) is 0.0848. The number of rotatable bonds is 2. The van der Waals surface area contributed by atoms with Gasteiger partial charge in [-0.2, -0.15) is 0 Å². The minimum atomic E-state index is -0.371. The average molecular weight is 233 g/mol. The second kappa shape index (κ2) is 4.08. The summed E-state index contributed by atoms with van der Waals surface area (Å²) in [6.07, 6.45) is 0. The minimum absolute atomic E-state index is 0.226. The third-order valence-electron chi connectivity index (χ3n) is 2.65. The van der Waals surface area contributed by atoms with Gasteiger partial charge in [0, 0.05) is 6.04 Å². The van der Waals surface area contributed by atoms with Crippen LogP contribution in [0, 0.1) is 0 Å². The summed E-state index contributed by atoms with van der Waals surface area (Å²) >= 11 is 0. The molecular weight excluding hydrogens is 218 g/mol. The first kappa shape index (κ1) is 11.4. The van der Waals surface area contributed by atoms with E-state index in [1.165, 1.54) is 7.11 Å². The van der Waals surface area contributed by atoms with Crippen LogP contribution in [0.5, 0.6) is 0 Å². The van der Waals surface area contributed by atoms with Crippen LogP contribution in [-0.4, -0.2) is 22.6 Å². The van der Waals surface area contributed by atoms with Crippen molar-refractivity contribution in [2.24, 2.45) is 0 Å². The van der Waals surface area contributed by atoms with Gasteiger partial charge in [0.25, 0.3) is 0 Å². The maximum absolute atomic E-state index is 11.4. The second-order valence-corrected chi connectivity index (χ2v) is 4.13. The lowest BCUT2D eigenvalue weighted by molar-refractivity contribution is 0.0601. The van der Waals surface area contributed by atoms with Gasteiger partial charge >= 0.3 is 5.97 Å². The zero-order valence-corrected chi connectivity index (χ0v) is 10.1. The summed E-state index contributed by atoms with van der Waals surface area (Å²) in [6.45, 7) is 4.07. The number of nitrogens with two attached hydrogens (primary N) is 1. The lowest BCUT2D eigenvalue weighted by atomic mass is 10.2. The molecule has 0 aliphatic rings. The summed E-state index contributed by atoms with van der Waals surface area (Å²) in [4.78, 5) is 15.6. The predicted octanol–water partition coefficient (Wildman–Crippen LogP) is 1.99. The van der Waals surface area contributed by atoms with E-state index in [2.05, 4.69) is 9.72 Å². The highest BCUT2D eigenvalue weighted by Gasteiger charge is 2.13. The van der Waals surface area contributed by atoms with Gasteiger partial charge in [0.15, 0.2) is 0 Å². The zero-order valence-electron chi connectivity index (χ0n) is 10.1. The number of methoxy groups -OCH3 is 1. The van der Waals surface area contributed by atoms with Crippen molar-refractivity contribution in [1.29, 1.82) is 0 Å². The Balaban J connectivity index is 2.61. The van der Waals surface area contributed by atoms with Crippen LogP contribution < -0.4 is 5.73 Å². The first-order valence-electron chi connectivity index (χ1n) is 5.40. The number of anilines is 1. The highest BCUT2D eigenvalue weighted by molar-refractivity contribution is 5.94. The fourth-order valence-electron chi connectivity index (χ4n) is 1.90. The van der Waals surface area contributed by atoms with Crippen molar-refractivity contribution < 1.29 is 9.53 Å². The minimum Gasteiger partial charge on any atom is -0.465 e. The van der Waals surface area contributed by atoms with Gasteiger partial charge in [0.05, 0.1) is 23.7 Å². The maximum atomic E-state index is 11.4. The van der Waals surface area contributed by atoms with E-state index >= 15 is 0 Å². The maximum Gasteiger partial charge on any atom is 0.337 e. The second-order valence-electron chi connectivity index (χ2n) is 4.13. The summed E-state index contributed by atoms with van der Waals surface area (Å²) < 4.78 is 6.59. The van der Waals surface area contributed by atoms with Crippen LogP contribution in [0.3, 0.4) is 0 Å². The van der Waals surface area contributed by atoms with Crippen molar-refractivity contribution in [3.63, 3.8) is 0 Å². The Morgan fingerprint density at radius 1 is 1.47 bits per heavy atom. The standard InChI is InChI=1S/C12H15N3O2/c1-7(2)15-10-5-4-8(11(16)17-3)6-9(10)14-12(15)13/h4-7H,1-3H3,(H2,13,14). The van der Waals surface area contributed by atoms with Crippen molar-refractivity contribution in [1.82, 2.24) is 9.55 Å². The Kier molecular flexibility index (Phi) is 2.75. The topological polar surface area (TPSA) is 70.1 Å². The molecule has 0 radical (unpaired) electrons. The van der Waals surface area contributed by atoms with Crippen LogP contribution >= 0.6 is 0 Å². The van der Waals surface area contributed by atoms with Gasteiger partial charge in [-0.3, -0.25) is 0 Å². The summed E-state index contributed by atoms with van der Waals surface area (Å²) in [6, 6.07) is 5.47. The molecule has 0 saturated carbocycles. The number of hydrogen-bond donors (Lipinski definition) is 1. The molecule has 2 rings (SSSR count). The van der Waals surface area contributed by atoms with Gasteiger partial charge in [-0.1, -0.05) is 0 Å². The van der Waals surface area contributed by atoms with Crippen molar-refractivity contribution in [3.8, 4) is 0 Å². The molecule has 0 aliphatic heterocycles. The molecule has 2 N–H and O–H groups in total. The lowest BCUT2D eigenvalue weighted by Gasteiger charge is -2.09. The van der Waals surface area contributed by atoms with Crippen LogP contribution in [-0.2, 0) is 4.74 Å². The highest BCUT2D eigenvalue weighted by atomic mass is 16.5. The molecule has 0 fully saturated rings. The Morgan fingerprint density at radius 3 is 2.76 bits per heavy atom. The number of benzene rings is 1. The van der Waals surface area contributed by atoms with Gasteiger partial charge in [-0.25, -0.2) is 9.78 Å². The number of nitrogen functional groups attached to an aromatic ring is 1. The number of aromatic nitrogens is 2. The van der Waals surface area contributed by atoms with Crippen LogP contribution in [0.15, 0.2) is 18.2 Å². The molecule has 1 aromatic heterocycles. The van der Waals surface area contributed by atoms with Gasteiger partial charge < -0.3 is 15.0 Å². The molecule has 0 aliphatic carbocycles. The molecule has 17 heavy (non-hydrogen) atoms. The SMILES string of the molecule is COC(=O)c1ccc2c(c1)nc(N)n2C(C)C. The van der Waals surface area contributed by atoms with Crippen molar-refractivity contribution in [2.75, 3.05) is 12.8 Å². The highest BCUT2D eigenvalue weighted by Crippen LogP contribution is 2.23. The molecule has 0 saturated heterocycles. The van der Waals surface area contributed by atoms with Crippen LogP contribution in [0.2, 0.25) is 0 Å². The predicted molar refractivity (Wildman–Crippen MR) is 65.9 cm³/mol. The number of esters is 1. The van der Waals surface area contributed by atoms with Crippen molar-refractivity contribution >= 4 is 23.0 Å². The molecule has 5 nitrogen and oxygen atoms in total. The summed E-state index contributed by atoms with van der Waals surface area (Å²) in [5.41, 5.74) is 7.96. The molecule has 0 atom stereocenters. The van der Waals surface area contributed by atoms with E-state index < -0.39 is 0 Å². The number of carbonyl (C=O) groups excluding carboxylic acids is 1. The van der Waals surface area contributed by atoms with E-state index in [0.717, 1.165) is 5.52 Å². The summed E-state index contributed by atoms with van der Waals surface area (Å²) in [7, 11) is 1.35. The number of nitrogens with zero attached hydrogens (tertiary/aromatic N) is 2. The Morgan fingerprint density at radius 2 is 2.18 bits per heavy atom. The average Bonchev–Trinajstić information content (AvgIpc) is 2.62. The number of hydrogen-bond acceptors (Lipinski definition) is 4. The van der Waals surface area contributed by atoms with Crippen LogP contribution in [0.1, 0.15) is 30.2 Å². The van der Waals surface area contributed by atoms with E-state index in [-0.39, 0.29) is 12.0 Å². The normalized spacial score (nSPS) is 11.1.